The molecule has 0 radical (unpaired) electrons. The zero-order valence-corrected chi connectivity index (χ0v) is 41.5. The maximum atomic E-state index is 9.89. The Morgan fingerprint density at radius 1 is 0.700 bits per heavy atom. The number of para-hydroxylation sites is 2. The van der Waals surface area contributed by atoms with Crippen LogP contribution >= 0.6 is 0 Å². The molecule has 0 atom stereocenters. The summed E-state index contributed by atoms with van der Waals surface area (Å²) < 4.78 is 11.5. The Labute approximate surface area is 422 Å². The number of hydrogen-bond acceptors (Lipinski definition) is 6. The van der Waals surface area contributed by atoms with Crippen molar-refractivity contribution >= 4 is 55.6 Å². The zero-order chi connectivity index (χ0) is 46.4. The van der Waals surface area contributed by atoms with Crippen molar-refractivity contribution < 1.29 is 25.8 Å². The van der Waals surface area contributed by atoms with E-state index in [1.807, 2.05) is 18.3 Å². The van der Waals surface area contributed by atoms with Gasteiger partial charge in [0, 0.05) is 85.4 Å². The van der Waals surface area contributed by atoms with Crippen molar-refractivity contribution in [3.63, 3.8) is 0 Å². The summed E-state index contributed by atoms with van der Waals surface area (Å²) in [6, 6.07) is 63.5. The van der Waals surface area contributed by atoms with Gasteiger partial charge in [-0.15, -0.1) is 53.6 Å². The van der Waals surface area contributed by atoms with Gasteiger partial charge in [0.1, 0.15) is 11.6 Å². The largest absolute Gasteiger partial charge is 0.509 e. The minimum atomic E-state index is -0.410. The fraction of sp³-hybridized carbons (Fsp3) is 0.180. The van der Waals surface area contributed by atoms with E-state index in [1.54, 1.807) is 0 Å². The van der Waals surface area contributed by atoms with Gasteiger partial charge < -0.3 is 23.7 Å². The molecular weight excluding hydrogens is 1040 g/mol. The Bertz CT molecular complexity index is 3630. The second kappa shape index (κ2) is 16.9. The van der Waals surface area contributed by atoms with Gasteiger partial charge in [-0.05, 0) is 77.4 Å². The molecule has 0 saturated heterocycles. The summed E-state index contributed by atoms with van der Waals surface area (Å²) in [7, 11) is 0. The number of hydrogen-bond donors (Lipinski definition) is 0. The number of ether oxygens (including phenoxy) is 1. The topological polar surface area (TPSA) is 75.1 Å². The molecule has 70 heavy (non-hydrogen) atoms. The molecule has 0 amide bonds. The average molecular weight is 1090 g/mol. The molecule has 1 saturated carbocycles. The number of fused-ring (bicyclic) bond motifs is 7. The first-order chi connectivity index (χ1) is 33.7. The second-order valence-electron chi connectivity index (χ2n) is 19.8. The molecule has 1 aliphatic carbocycles. The summed E-state index contributed by atoms with van der Waals surface area (Å²) in [5, 5.41) is 12.0. The minimum Gasteiger partial charge on any atom is -0.509 e. The molecule has 7 aromatic carbocycles. The Morgan fingerprint density at radius 2 is 1.43 bits per heavy atom. The zero-order valence-electron chi connectivity index (χ0n) is 39.2. The molecule has 9 heteroatoms. The molecular formula is C61H48N7OPt-3. The first-order valence-electron chi connectivity index (χ1n) is 24.0. The first-order valence-corrected chi connectivity index (χ1v) is 24.0. The van der Waals surface area contributed by atoms with Crippen LogP contribution in [0.15, 0.2) is 158 Å². The fourth-order valence-corrected chi connectivity index (χ4v) is 10.5. The van der Waals surface area contributed by atoms with E-state index in [0.717, 1.165) is 139 Å². The third-order valence-corrected chi connectivity index (χ3v) is 14.4. The SMILES string of the molecule is CC(C)(C)c1cc(Oc2[c-]c3c(cc2)c2ccccc2n3-c2ccc(C3(C#N)CC3)cn2)[c-]c(N2[CH-]N(c3c(-c4ccccc4)cccc3-c3ccccc3)c3cc4c(cc32)nc2n4CCCC2)c1.[Pt]. The van der Waals surface area contributed by atoms with Crippen LogP contribution in [0.2, 0.25) is 0 Å². The second-order valence-corrected chi connectivity index (χ2v) is 19.8. The molecule has 2 aliphatic heterocycles. The van der Waals surface area contributed by atoms with Crippen LogP contribution in [0, 0.1) is 30.1 Å². The number of imidazole rings is 1. The number of anilines is 4. The van der Waals surface area contributed by atoms with Gasteiger partial charge in [-0.1, -0.05) is 129 Å². The van der Waals surface area contributed by atoms with Gasteiger partial charge in [0.05, 0.1) is 22.5 Å². The molecule has 3 aromatic heterocycles. The number of rotatable bonds is 8. The van der Waals surface area contributed by atoms with Crippen molar-refractivity contribution in [2.24, 2.45) is 0 Å². The normalized spacial score (nSPS) is 14.9. The monoisotopic (exact) mass is 1090 g/mol. The van der Waals surface area contributed by atoms with Crippen LogP contribution in [0.3, 0.4) is 0 Å². The quantitative estimate of drug-likeness (QED) is 0.141. The fourth-order valence-electron chi connectivity index (χ4n) is 10.5. The molecule has 5 heterocycles. The molecule has 10 aromatic rings. The van der Waals surface area contributed by atoms with Crippen LogP contribution in [0.5, 0.6) is 11.5 Å². The molecule has 13 rings (SSSR count). The standard InChI is InChI=1S/C61H48N7O.Pt/c1-60(2,3)43-31-44(33-46(32-43)69-45-25-26-50-49-19-10-11-22-52(49)68(53(50)34-45)57-27-24-42(37-63-57)61(38-62)28-29-61)66-39-67(56-36-54-51(35-55(56)66)64-58-23-12-13-30-65(54)58)59-47(40-15-6-4-7-16-40)20-14-21-48(59)41-17-8-5-9-18-41;/h4-11,14-22,24-27,31-32,35-37,39H,12-13,23,28-30H2,1-3H3;/q-3;. The van der Waals surface area contributed by atoms with Gasteiger partial charge in [0.25, 0.3) is 0 Å². The Kier molecular flexibility index (Phi) is 10.6. The first kappa shape index (κ1) is 43.8. The van der Waals surface area contributed by atoms with Crippen LogP contribution in [-0.2, 0) is 44.9 Å². The molecule has 0 bridgehead atoms. The van der Waals surface area contributed by atoms with Crippen molar-refractivity contribution in [1.82, 2.24) is 19.1 Å². The summed E-state index contributed by atoms with van der Waals surface area (Å²) >= 11 is 0. The van der Waals surface area contributed by atoms with Crippen LogP contribution < -0.4 is 14.5 Å². The van der Waals surface area contributed by atoms with Gasteiger partial charge in [-0.25, -0.2) is 9.97 Å². The molecule has 0 spiro atoms. The molecule has 8 nitrogen and oxygen atoms in total. The Morgan fingerprint density at radius 3 is 2.13 bits per heavy atom. The van der Waals surface area contributed by atoms with E-state index >= 15 is 0 Å². The van der Waals surface area contributed by atoms with E-state index in [4.69, 9.17) is 14.7 Å². The maximum Gasteiger partial charge on any atom is 0.135 e. The number of benzene rings is 7. The predicted molar refractivity (Wildman–Crippen MR) is 277 cm³/mol. The Balaban J connectivity index is 0.00000505. The third-order valence-electron chi connectivity index (χ3n) is 14.4. The van der Waals surface area contributed by atoms with Crippen molar-refractivity contribution in [2.45, 2.75) is 70.3 Å². The summed E-state index contributed by atoms with van der Waals surface area (Å²) in [5.74, 6) is 3.07. The van der Waals surface area contributed by atoms with Crippen LogP contribution in [0.4, 0.5) is 22.7 Å². The number of nitrogens with zero attached hydrogens (tertiary/aromatic N) is 7. The molecule has 3 aliphatic rings. The molecule has 0 N–H and O–H groups in total. The third kappa shape index (κ3) is 7.29. The number of aryl methyl sites for hydroxylation is 2. The summed E-state index contributed by atoms with van der Waals surface area (Å²) in [6.07, 6.45) is 6.88. The van der Waals surface area contributed by atoms with Crippen molar-refractivity contribution in [3.05, 3.63) is 194 Å². The van der Waals surface area contributed by atoms with Crippen LogP contribution in [0.1, 0.15) is 63.4 Å². The van der Waals surface area contributed by atoms with Gasteiger partial charge in [-0.2, -0.15) is 11.3 Å². The van der Waals surface area contributed by atoms with Crippen LogP contribution in [0.25, 0.3) is 60.9 Å². The van der Waals surface area contributed by atoms with Gasteiger partial charge in [-0.3, -0.25) is 0 Å². The summed E-state index contributed by atoms with van der Waals surface area (Å²) in [5.41, 5.74) is 14.1. The van der Waals surface area contributed by atoms with Gasteiger partial charge >= 0.3 is 0 Å². The van der Waals surface area contributed by atoms with Crippen molar-refractivity contribution in [1.29, 1.82) is 5.26 Å². The summed E-state index contributed by atoms with van der Waals surface area (Å²) in [6.45, 7) is 9.91. The predicted octanol–water partition coefficient (Wildman–Crippen LogP) is 14.9. The van der Waals surface area contributed by atoms with Crippen molar-refractivity contribution in [2.75, 3.05) is 9.80 Å². The Hall–Kier alpha value is -7.46. The number of nitriles is 1. The molecule has 1 fully saturated rings. The average Bonchev–Trinajstić information content (AvgIpc) is 3.84. The minimum absolute atomic E-state index is 0. The number of pyridine rings is 1. The smallest absolute Gasteiger partial charge is 0.135 e. The van der Waals surface area contributed by atoms with Crippen molar-refractivity contribution in [3.8, 4) is 45.6 Å². The van der Waals surface area contributed by atoms with E-state index in [-0.39, 0.29) is 26.5 Å². The molecule has 346 valence electrons. The maximum absolute atomic E-state index is 9.89. The van der Waals surface area contributed by atoms with E-state index in [0.29, 0.717) is 11.5 Å². The van der Waals surface area contributed by atoms with Gasteiger partial charge in [0.2, 0.25) is 0 Å². The van der Waals surface area contributed by atoms with E-state index in [2.05, 4.69) is 204 Å². The van der Waals surface area contributed by atoms with E-state index < -0.39 is 5.41 Å². The van der Waals surface area contributed by atoms with E-state index in [1.165, 1.54) is 0 Å². The van der Waals surface area contributed by atoms with Gasteiger partial charge in [0.15, 0.2) is 0 Å². The van der Waals surface area contributed by atoms with E-state index in [9.17, 15) is 5.26 Å². The summed E-state index contributed by atoms with van der Waals surface area (Å²) in [4.78, 5) is 14.8. The molecule has 0 unspecified atom stereocenters. The van der Waals surface area contributed by atoms with Crippen LogP contribution in [-0.4, -0.2) is 19.1 Å². The number of aromatic nitrogens is 4.